The van der Waals surface area contributed by atoms with E-state index in [1.807, 2.05) is 25.9 Å². The number of rotatable bonds is 7. The zero-order valence-corrected chi connectivity index (χ0v) is 16.6. The minimum atomic E-state index is -0.339. The first kappa shape index (κ1) is 20.5. The molecular formula is C15H23BrN4O3S. The van der Waals surface area contributed by atoms with Crippen LogP contribution in [0.5, 0.6) is 11.5 Å². The standard InChI is InChI=1S/C15H23BrN4O3S/c1-5-23-13-11(16)8-10(9-12(13)22-4)14(21)18-19-15(24)17-6-7-20(2)3/h8-9H,5-7H2,1-4H3,(H,18,21)(H2,17,19,24). The van der Waals surface area contributed by atoms with Crippen LogP contribution < -0.4 is 25.6 Å². The van der Waals surface area contributed by atoms with Crippen molar-refractivity contribution in [1.82, 2.24) is 21.1 Å². The predicted molar refractivity (Wildman–Crippen MR) is 102 cm³/mol. The number of thiocarbonyl (C=S) groups is 1. The first-order valence-electron chi connectivity index (χ1n) is 7.38. The van der Waals surface area contributed by atoms with Gasteiger partial charge in [-0.25, -0.2) is 0 Å². The minimum absolute atomic E-state index is 0.339. The number of benzene rings is 1. The van der Waals surface area contributed by atoms with Gasteiger partial charge in [0.2, 0.25) is 0 Å². The smallest absolute Gasteiger partial charge is 0.269 e. The fraction of sp³-hybridized carbons (Fsp3) is 0.467. The van der Waals surface area contributed by atoms with Gasteiger partial charge in [-0.1, -0.05) is 0 Å². The number of ether oxygens (including phenoxy) is 2. The molecule has 0 aliphatic heterocycles. The topological polar surface area (TPSA) is 74.9 Å². The molecule has 0 radical (unpaired) electrons. The van der Waals surface area contributed by atoms with Crippen molar-refractivity contribution in [1.29, 1.82) is 0 Å². The minimum Gasteiger partial charge on any atom is -0.493 e. The molecule has 0 saturated carbocycles. The molecule has 0 aliphatic rings. The molecule has 24 heavy (non-hydrogen) atoms. The number of hydrazine groups is 1. The Balaban J connectivity index is 2.65. The van der Waals surface area contributed by atoms with Gasteiger partial charge in [0.05, 0.1) is 18.2 Å². The number of hydrogen-bond donors (Lipinski definition) is 3. The second kappa shape index (κ2) is 10.3. The molecule has 0 fully saturated rings. The Morgan fingerprint density at radius 3 is 2.62 bits per heavy atom. The number of carbonyl (C=O) groups excluding carboxylic acids is 1. The zero-order valence-electron chi connectivity index (χ0n) is 14.2. The summed E-state index contributed by atoms with van der Waals surface area (Å²) < 4.78 is 11.4. The average Bonchev–Trinajstić information content (AvgIpc) is 2.53. The second-order valence-electron chi connectivity index (χ2n) is 5.06. The van der Waals surface area contributed by atoms with E-state index in [0.29, 0.717) is 39.8 Å². The molecule has 0 heterocycles. The van der Waals surface area contributed by atoms with Crippen LogP contribution in [0.1, 0.15) is 17.3 Å². The van der Waals surface area contributed by atoms with Crippen LogP contribution in [-0.2, 0) is 0 Å². The van der Waals surface area contributed by atoms with Gasteiger partial charge in [0.15, 0.2) is 16.6 Å². The van der Waals surface area contributed by atoms with Gasteiger partial charge in [0, 0.05) is 18.7 Å². The Morgan fingerprint density at radius 1 is 1.33 bits per heavy atom. The molecule has 1 aromatic carbocycles. The lowest BCUT2D eigenvalue weighted by molar-refractivity contribution is 0.0943. The van der Waals surface area contributed by atoms with Gasteiger partial charge in [-0.05, 0) is 61.3 Å². The van der Waals surface area contributed by atoms with Gasteiger partial charge in [-0.2, -0.15) is 0 Å². The normalized spacial score (nSPS) is 10.2. The molecule has 0 aromatic heterocycles. The Morgan fingerprint density at radius 2 is 2.04 bits per heavy atom. The van der Waals surface area contributed by atoms with Crippen molar-refractivity contribution in [2.75, 3.05) is 40.9 Å². The van der Waals surface area contributed by atoms with E-state index >= 15 is 0 Å². The molecule has 0 atom stereocenters. The van der Waals surface area contributed by atoms with Gasteiger partial charge < -0.3 is 19.7 Å². The fourth-order valence-electron chi connectivity index (χ4n) is 1.76. The fourth-order valence-corrected chi connectivity index (χ4v) is 2.47. The Kier molecular flexibility index (Phi) is 8.80. The SMILES string of the molecule is CCOc1c(Br)cc(C(=O)NNC(=S)NCCN(C)C)cc1OC. The molecule has 9 heteroatoms. The first-order chi connectivity index (χ1) is 11.4. The van der Waals surface area contributed by atoms with Crippen LogP contribution in [0.2, 0.25) is 0 Å². The van der Waals surface area contributed by atoms with E-state index in [1.54, 1.807) is 12.1 Å². The van der Waals surface area contributed by atoms with Gasteiger partial charge >= 0.3 is 0 Å². The van der Waals surface area contributed by atoms with Crippen LogP contribution in [0.3, 0.4) is 0 Å². The summed E-state index contributed by atoms with van der Waals surface area (Å²) in [7, 11) is 5.46. The molecule has 1 aromatic rings. The van der Waals surface area contributed by atoms with Crippen molar-refractivity contribution < 1.29 is 14.3 Å². The van der Waals surface area contributed by atoms with Crippen LogP contribution in [-0.4, -0.2) is 56.8 Å². The van der Waals surface area contributed by atoms with Crippen molar-refractivity contribution in [3.8, 4) is 11.5 Å². The lowest BCUT2D eigenvalue weighted by Crippen LogP contribution is -2.47. The molecule has 0 unspecified atom stereocenters. The number of hydrogen-bond acceptors (Lipinski definition) is 5. The number of likely N-dealkylation sites (N-methyl/N-ethyl adjacent to an activating group) is 1. The summed E-state index contributed by atoms with van der Waals surface area (Å²) in [5.41, 5.74) is 5.62. The maximum absolute atomic E-state index is 12.2. The molecule has 3 N–H and O–H groups in total. The third-order valence-electron chi connectivity index (χ3n) is 2.91. The van der Waals surface area contributed by atoms with Gasteiger partial charge in [0.25, 0.3) is 5.91 Å². The van der Waals surface area contributed by atoms with Crippen LogP contribution in [0.4, 0.5) is 0 Å². The maximum Gasteiger partial charge on any atom is 0.269 e. The highest BCUT2D eigenvalue weighted by molar-refractivity contribution is 9.10. The van der Waals surface area contributed by atoms with E-state index in [0.717, 1.165) is 6.54 Å². The molecular weight excluding hydrogens is 396 g/mol. The van der Waals surface area contributed by atoms with E-state index in [-0.39, 0.29) is 5.91 Å². The van der Waals surface area contributed by atoms with Crippen molar-refractivity contribution in [2.24, 2.45) is 0 Å². The second-order valence-corrected chi connectivity index (χ2v) is 6.32. The van der Waals surface area contributed by atoms with E-state index < -0.39 is 0 Å². The molecule has 0 saturated heterocycles. The molecule has 1 rings (SSSR count). The summed E-state index contributed by atoms with van der Waals surface area (Å²) >= 11 is 8.48. The predicted octanol–water partition coefficient (Wildman–Crippen LogP) is 1.53. The van der Waals surface area contributed by atoms with Crippen molar-refractivity contribution >= 4 is 39.2 Å². The lowest BCUT2D eigenvalue weighted by atomic mass is 10.2. The monoisotopic (exact) mass is 418 g/mol. The summed E-state index contributed by atoms with van der Waals surface area (Å²) in [6.45, 7) is 3.88. The number of carbonyl (C=O) groups is 1. The summed E-state index contributed by atoms with van der Waals surface area (Å²) in [5.74, 6) is 0.697. The van der Waals surface area contributed by atoms with Crippen molar-refractivity contribution in [3.63, 3.8) is 0 Å². The van der Waals surface area contributed by atoms with Gasteiger partial charge in [-0.3, -0.25) is 15.6 Å². The highest BCUT2D eigenvalue weighted by Crippen LogP contribution is 2.36. The Hall–Kier alpha value is -1.58. The van der Waals surface area contributed by atoms with Crippen molar-refractivity contribution in [2.45, 2.75) is 6.92 Å². The number of nitrogens with zero attached hydrogens (tertiary/aromatic N) is 1. The van der Waals surface area contributed by atoms with E-state index in [4.69, 9.17) is 21.7 Å². The largest absolute Gasteiger partial charge is 0.493 e. The summed E-state index contributed by atoms with van der Waals surface area (Å²) in [4.78, 5) is 14.3. The van der Waals surface area contributed by atoms with E-state index in [2.05, 4.69) is 32.1 Å². The van der Waals surface area contributed by atoms with Crippen LogP contribution in [0, 0.1) is 0 Å². The zero-order chi connectivity index (χ0) is 18.1. The van der Waals surface area contributed by atoms with Gasteiger partial charge in [0.1, 0.15) is 0 Å². The average molecular weight is 419 g/mol. The third kappa shape index (κ3) is 6.50. The molecule has 0 bridgehead atoms. The highest BCUT2D eigenvalue weighted by atomic mass is 79.9. The first-order valence-corrected chi connectivity index (χ1v) is 8.58. The van der Waals surface area contributed by atoms with Crippen LogP contribution in [0.25, 0.3) is 0 Å². The highest BCUT2D eigenvalue weighted by Gasteiger charge is 2.15. The quantitative estimate of drug-likeness (QED) is 0.457. The molecule has 7 nitrogen and oxygen atoms in total. The van der Waals surface area contributed by atoms with Crippen LogP contribution in [0.15, 0.2) is 16.6 Å². The summed E-state index contributed by atoms with van der Waals surface area (Å²) in [5, 5.41) is 3.34. The Bertz CT molecular complexity index is 584. The molecule has 134 valence electrons. The number of amides is 1. The van der Waals surface area contributed by atoms with E-state index in [9.17, 15) is 4.79 Å². The number of methoxy groups -OCH3 is 1. The summed E-state index contributed by atoms with van der Waals surface area (Å²) in [6, 6.07) is 3.27. The number of nitrogens with one attached hydrogen (secondary N) is 3. The van der Waals surface area contributed by atoms with Gasteiger partial charge in [-0.15, -0.1) is 0 Å². The molecule has 0 aliphatic carbocycles. The lowest BCUT2D eigenvalue weighted by Gasteiger charge is -2.15. The summed E-state index contributed by atoms with van der Waals surface area (Å²) in [6.07, 6.45) is 0. The maximum atomic E-state index is 12.2. The molecule has 1 amide bonds. The van der Waals surface area contributed by atoms with E-state index in [1.165, 1.54) is 7.11 Å². The Labute approximate surface area is 156 Å². The molecule has 0 spiro atoms. The van der Waals surface area contributed by atoms with Crippen LogP contribution >= 0.6 is 28.1 Å². The van der Waals surface area contributed by atoms with Crippen molar-refractivity contribution in [3.05, 3.63) is 22.2 Å². The number of halogens is 1. The third-order valence-corrected chi connectivity index (χ3v) is 3.75.